The van der Waals surface area contributed by atoms with Crippen molar-refractivity contribution in [3.05, 3.63) is 29.3 Å². The summed E-state index contributed by atoms with van der Waals surface area (Å²) >= 11 is 6.14. The number of rotatable bonds is 8. The summed E-state index contributed by atoms with van der Waals surface area (Å²) in [6.07, 6.45) is 6.27. The van der Waals surface area contributed by atoms with Crippen LogP contribution in [0.4, 0.5) is 5.69 Å². The maximum Gasteiger partial charge on any atom is 0.191 e. The van der Waals surface area contributed by atoms with Crippen molar-refractivity contribution in [2.75, 3.05) is 50.7 Å². The largest absolute Gasteiger partial charge is 0.369 e. The van der Waals surface area contributed by atoms with Crippen LogP contribution in [-0.2, 0) is 0 Å². The molecule has 2 N–H and O–H groups in total. The van der Waals surface area contributed by atoms with E-state index >= 15 is 0 Å². The number of hydrogen-bond donors (Lipinski definition) is 2. The number of hydrogen-bond acceptors (Lipinski definition) is 3. The number of nitrogens with zero attached hydrogens (tertiary/aromatic N) is 3. The van der Waals surface area contributed by atoms with Gasteiger partial charge in [0.1, 0.15) is 0 Å². The monoisotopic (exact) mass is 391 g/mol. The highest BCUT2D eigenvalue weighted by Gasteiger charge is 2.23. The number of anilines is 1. The maximum atomic E-state index is 6.14. The second-order valence-corrected chi connectivity index (χ2v) is 8.01. The Labute approximate surface area is 169 Å². The first-order valence-electron chi connectivity index (χ1n) is 10.5. The predicted octanol–water partition coefficient (Wildman–Crippen LogP) is 3.35. The quantitative estimate of drug-likeness (QED) is 0.405. The Kier molecular flexibility index (Phi) is 8.09. The molecule has 150 valence electrons. The van der Waals surface area contributed by atoms with Gasteiger partial charge in [-0.1, -0.05) is 17.7 Å². The fourth-order valence-corrected chi connectivity index (χ4v) is 4.13. The third kappa shape index (κ3) is 6.58. The Bertz CT molecular complexity index is 600. The molecular formula is C21H34ClN5. The lowest BCUT2D eigenvalue weighted by atomic mass is 10.2. The van der Waals surface area contributed by atoms with Gasteiger partial charge in [-0.2, -0.15) is 0 Å². The number of nitrogens with one attached hydrogen (secondary N) is 2. The van der Waals surface area contributed by atoms with Gasteiger partial charge in [0.25, 0.3) is 0 Å². The zero-order valence-corrected chi connectivity index (χ0v) is 17.3. The lowest BCUT2D eigenvalue weighted by Crippen LogP contribution is -2.44. The zero-order valence-electron chi connectivity index (χ0n) is 16.6. The highest BCUT2D eigenvalue weighted by atomic mass is 35.5. The summed E-state index contributed by atoms with van der Waals surface area (Å²) in [7, 11) is 0. The molecule has 0 radical (unpaired) electrons. The molecule has 27 heavy (non-hydrogen) atoms. The second kappa shape index (κ2) is 10.8. The average Bonchev–Trinajstić information content (AvgIpc) is 3.33. The molecule has 0 spiro atoms. The minimum atomic E-state index is 0.423. The molecule has 2 aliphatic rings. The standard InChI is InChI=1S/C21H34ClN5/c1-2-23-21(24-11-3-4-12-26-13-5-6-14-26)25-19-10-15-27(17-19)20-9-7-8-18(22)16-20/h7-9,16,19H,2-6,10-15,17H2,1H3,(H2,23,24,25). The van der Waals surface area contributed by atoms with Crippen LogP contribution in [0.2, 0.25) is 5.02 Å². The first-order valence-corrected chi connectivity index (χ1v) is 10.9. The zero-order chi connectivity index (χ0) is 18.9. The van der Waals surface area contributed by atoms with Crippen molar-refractivity contribution in [3.8, 4) is 0 Å². The van der Waals surface area contributed by atoms with Crippen molar-refractivity contribution in [3.63, 3.8) is 0 Å². The lowest BCUT2D eigenvalue weighted by molar-refractivity contribution is 0.331. The van der Waals surface area contributed by atoms with E-state index in [1.165, 1.54) is 44.6 Å². The van der Waals surface area contributed by atoms with Crippen molar-refractivity contribution in [1.29, 1.82) is 0 Å². The summed E-state index contributed by atoms with van der Waals surface area (Å²) in [5.74, 6) is 0.955. The van der Waals surface area contributed by atoms with Crippen molar-refractivity contribution >= 4 is 23.2 Å². The summed E-state index contributed by atoms with van der Waals surface area (Å²) in [6.45, 7) is 9.76. The Hall–Kier alpha value is -1.46. The highest BCUT2D eigenvalue weighted by molar-refractivity contribution is 6.30. The number of aliphatic imine (C=N–C) groups is 1. The number of unbranched alkanes of at least 4 members (excludes halogenated alkanes) is 1. The molecule has 0 aromatic heterocycles. The number of benzene rings is 1. The molecule has 0 aliphatic carbocycles. The van der Waals surface area contributed by atoms with Gasteiger partial charge in [-0.3, -0.25) is 4.99 Å². The Morgan fingerprint density at radius 2 is 2.07 bits per heavy atom. The van der Waals surface area contributed by atoms with Gasteiger partial charge in [0, 0.05) is 42.9 Å². The van der Waals surface area contributed by atoms with Crippen LogP contribution in [0.1, 0.15) is 39.0 Å². The molecule has 5 nitrogen and oxygen atoms in total. The van der Waals surface area contributed by atoms with E-state index in [2.05, 4.69) is 33.4 Å². The highest BCUT2D eigenvalue weighted by Crippen LogP contribution is 2.23. The van der Waals surface area contributed by atoms with E-state index in [-0.39, 0.29) is 0 Å². The maximum absolute atomic E-state index is 6.14. The van der Waals surface area contributed by atoms with Crippen LogP contribution in [0.3, 0.4) is 0 Å². The minimum absolute atomic E-state index is 0.423. The molecule has 2 heterocycles. The van der Waals surface area contributed by atoms with Crippen LogP contribution in [0, 0.1) is 0 Å². The first kappa shape index (κ1) is 20.3. The van der Waals surface area contributed by atoms with Crippen molar-refractivity contribution in [2.24, 2.45) is 4.99 Å². The minimum Gasteiger partial charge on any atom is -0.369 e. The molecule has 6 heteroatoms. The van der Waals surface area contributed by atoms with E-state index in [1.807, 2.05) is 18.2 Å². The van der Waals surface area contributed by atoms with E-state index in [0.29, 0.717) is 6.04 Å². The summed E-state index contributed by atoms with van der Waals surface area (Å²) in [5.41, 5.74) is 1.20. The fraction of sp³-hybridized carbons (Fsp3) is 0.667. The summed E-state index contributed by atoms with van der Waals surface area (Å²) < 4.78 is 0. The van der Waals surface area contributed by atoms with E-state index < -0.39 is 0 Å². The molecular weight excluding hydrogens is 358 g/mol. The fourth-order valence-electron chi connectivity index (χ4n) is 3.94. The van der Waals surface area contributed by atoms with Gasteiger partial charge in [0.2, 0.25) is 0 Å². The van der Waals surface area contributed by atoms with Gasteiger partial charge in [-0.05, 0) is 76.9 Å². The normalized spacial score (nSPS) is 21.0. The van der Waals surface area contributed by atoms with Crippen molar-refractivity contribution < 1.29 is 0 Å². The number of halogens is 1. The molecule has 1 atom stereocenters. The molecule has 3 rings (SSSR count). The van der Waals surface area contributed by atoms with Gasteiger partial charge in [0.05, 0.1) is 0 Å². The van der Waals surface area contributed by atoms with Crippen LogP contribution >= 0.6 is 11.6 Å². The molecule has 0 amide bonds. The van der Waals surface area contributed by atoms with E-state index in [1.54, 1.807) is 0 Å². The van der Waals surface area contributed by atoms with Crippen molar-refractivity contribution in [1.82, 2.24) is 15.5 Å². The van der Waals surface area contributed by atoms with Crippen molar-refractivity contribution in [2.45, 2.75) is 45.1 Å². The molecule has 1 unspecified atom stereocenters. The Morgan fingerprint density at radius 1 is 1.22 bits per heavy atom. The summed E-state index contributed by atoms with van der Waals surface area (Å²) in [4.78, 5) is 9.76. The van der Waals surface area contributed by atoms with E-state index in [4.69, 9.17) is 16.6 Å². The Morgan fingerprint density at radius 3 is 2.85 bits per heavy atom. The van der Waals surface area contributed by atoms with Gasteiger partial charge in [0.15, 0.2) is 5.96 Å². The predicted molar refractivity (Wildman–Crippen MR) is 116 cm³/mol. The van der Waals surface area contributed by atoms with E-state index in [9.17, 15) is 0 Å². The Balaban J connectivity index is 1.41. The molecule has 1 aromatic carbocycles. The van der Waals surface area contributed by atoms with E-state index in [0.717, 1.165) is 50.0 Å². The van der Waals surface area contributed by atoms with Gasteiger partial charge >= 0.3 is 0 Å². The van der Waals surface area contributed by atoms with Crippen LogP contribution in [-0.4, -0.2) is 62.7 Å². The van der Waals surface area contributed by atoms with Crippen LogP contribution in [0.25, 0.3) is 0 Å². The molecule has 2 aliphatic heterocycles. The van der Waals surface area contributed by atoms with Gasteiger partial charge in [-0.15, -0.1) is 0 Å². The first-order chi connectivity index (χ1) is 13.2. The third-order valence-corrected chi connectivity index (χ3v) is 5.63. The summed E-state index contributed by atoms with van der Waals surface area (Å²) in [6, 6.07) is 8.55. The molecule has 1 aromatic rings. The SMILES string of the molecule is CCNC(=NCCCCN1CCCC1)NC1CCN(c2cccc(Cl)c2)C1. The second-order valence-electron chi connectivity index (χ2n) is 7.57. The average molecular weight is 392 g/mol. The van der Waals surface area contributed by atoms with Crippen LogP contribution in [0.5, 0.6) is 0 Å². The molecule has 2 saturated heterocycles. The number of likely N-dealkylation sites (tertiary alicyclic amines) is 1. The van der Waals surface area contributed by atoms with Crippen LogP contribution < -0.4 is 15.5 Å². The van der Waals surface area contributed by atoms with Gasteiger partial charge in [-0.25, -0.2) is 0 Å². The smallest absolute Gasteiger partial charge is 0.191 e. The molecule has 0 saturated carbocycles. The lowest BCUT2D eigenvalue weighted by Gasteiger charge is -2.20. The number of guanidine groups is 1. The topological polar surface area (TPSA) is 42.9 Å². The third-order valence-electron chi connectivity index (χ3n) is 5.40. The molecule has 0 bridgehead atoms. The summed E-state index contributed by atoms with van der Waals surface area (Å²) in [5, 5.41) is 7.81. The van der Waals surface area contributed by atoms with Crippen LogP contribution in [0.15, 0.2) is 29.3 Å². The van der Waals surface area contributed by atoms with Gasteiger partial charge < -0.3 is 20.4 Å². The molecule has 2 fully saturated rings.